The fourth-order valence-electron chi connectivity index (χ4n) is 2.66. The summed E-state index contributed by atoms with van der Waals surface area (Å²) in [6.45, 7) is 5.84. The van der Waals surface area contributed by atoms with E-state index in [2.05, 4.69) is 24.0 Å². The van der Waals surface area contributed by atoms with Crippen molar-refractivity contribution in [1.82, 2.24) is 4.90 Å². The van der Waals surface area contributed by atoms with E-state index in [9.17, 15) is 0 Å². The summed E-state index contributed by atoms with van der Waals surface area (Å²) in [7, 11) is 1.67. The van der Waals surface area contributed by atoms with Crippen molar-refractivity contribution < 1.29 is 9.15 Å². The van der Waals surface area contributed by atoms with Crippen LogP contribution in [0.3, 0.4) is 0 Å². The van der Waals surface area contributed by atoms with Crippen LogP contribution in [0.1, 0.15) is 31.2 Å². The highest BCUT2D eigenvalue weighted by Crippen LogP contribution is 2.27. The van der Waals surface area contributed by atoms with E-state index in [0.29, 0.717) is 0 Å². The second-order valence-electron chi connectivity index (χ2n) is 5.22. The summed E-state index contributed by atoms with van der Waals surface area (Å²) in [5, 5.41) is 0. The van der Waals surface area contributed by atoms with Crippen LogP contribution in [0.15, 0.2) is 47.1 Å². The standard InChI is InChI=1S/C17H24N2O2/c1-4-19(12-16-6-5-11-21-16)17(13(2)18)14-7-9-15(20-3)10-8-14/h5-11,13,17H,4,12,18H2,1-3H3. The number of likely N-dealkylation sites (N-methyl/N-ethyl adjacent to an activating group) is 1. The van der Waals surface area contributed by atoms with Gasteiger partial charge < -0.3 is 14.9 Å². The summed E-state index contributed by atoms with van der Waals surface area (Å²) in [4.78, 5) is 2.32. The Balaban J connectivity index is 2.22. The molecule has 2 aromatic rings. The third-order valence-corrected chi connectivity index (χ3v) is 3.69. The Labute approximate surface area is 126 Å². The van der Waals surface area contributed by atoms with Crippen molar-refractivity contribution >= 4 is 0 Å². The number of nitrogens with two attached hydrogens (primary N) is 1. The zero-order chi connectivity index (χ0) is 15.2. The molecule has 114 valence electrons. The highest BCUT2D eigenvalue weighted by atomic mass is 16.5. The molecule has 0 aliphatic carbocycles. The SMILES string of the molecule is CCN(Cc1ccco1)C(c1ccc(OC)cc1)C(C)N. The first-order valence-corrected chi connectivity index (χ1v) is 7.31. The lowest BCUT2D eigenvalue weighted by Gasteiger charge is -2.33. The number of hydrogen-bond acceptors (Lipinski definition) is 4. The van der Waals surface area contributed by atoms with E-state index in [1.54, 1.807) is 13.4 Å². The molecular formula is C17H24N2O2. The smallest absolute Gasteiger partial charge is 0.118 e. The molecule has 0 spiro atoms. The molecule has 1 aromatic carbocycles. The van der Waals surface area contributed by atoms with Gasteiger partial charge in [0.05, 0.1) is 26.0 Å². The van der Waals surface area contributed by atoms with E-state index < -0.39 is 0 Å². The topological polar surface area (TPSA) is 51.6 Å². The van der Waals surface area contributed by atoms with Crippen molar-refractivity contribution in [3.8, 4) is 5.75 Å². The first kappa shape index (κ1) is 15.6. The highest BCUT2D eigenvalue weighted by Gasteiger charge is 2.23. The number of benzene rings is 1. The number of nitrogens with zero attached hydrogens (tertiary/aromatic N) is 1. The summed E-state index contributed by atoms with van der Waals surface area (Å²) in [5.74, 6) is 1.81. The van der Waals surface area contributed by atoms with Crippen LogP contribution in [0, 0.1) is 0 Å². The molecule has 4 nitrogen and oxygen atoms in total. The molecule has 21 heavy (non-hydrogen) atoms. The molecule has 1 aromatic heterocycles. The molecule has 0 aliphatic heterocycles. The first-order chi connectivity index (χ1) is 10.2. The Morgan fingerprint density at radius 2 is 1.95 bits per heavy atom. The highest BCUT2D eigenvalue weighted by molar-refractivity contribution is 5.30. The molecule has 2 atom stereocenters. The van der Waals surface area contributed by atoms with Gasteiger partial charge in [-0.1, -0.05) is 19.1 Å². The van der Waals surface area contributed by atoms with Gasteiger partial charge in [0.15, 0.2) is 0 Å². The molecule has 0 amide bonds. The largest absolute Gasteiger partial charge is 0.497 e. The minimum absolute atomic E-state index is 0.0216. The van der Waals surface area contributed by atoms with E-state index >= 15 is 0 Å². The third kappa shape index (κ3) is 3.86. The van der Waals surface area contributed by atoms with Crippen LogP contribution in [-0.4, -0.2) is 24.6 Å². The quantitative estimate of drug-likeness (QED) is 0.850. The van der Waals surface area contributed by atoms with E-state index in [-0.39, 0.29) is 12.1 Å². The number of furan rings is 1. The Bertz CT molecular complexity index is 520. The summed E-state index contributed by atoms with van der Waals surface area (Å²) in [5.41, 5.74) is 7.43. The van der Waals surface area contributed by atoms with Crippen molar-refractivity contribution in [2.75, 3.05) is 13.7 Å². The molecule has 0 bridgehead atoms. The monoisotopic (exact) mass is 288 g/mol. The lowest BCUT2D eigenvalue weighted by Crippen LogP contribution is -2.39. The second-order valence-corrected chi connectivity index (χ2v) is 5.22. The summed E-state index contributed by atoms with van der Waals surface area (Å²) < 4.78 is 10.7. The molecule has 0 fully saturated rings. The van der Waals surface area contributed by atoms with Crippen molar-refractivity contribution in [1.29, 1.82) is 0 Å². The van der Waals surface area contributed by atoms with Crippen LogP contribution >= 0.6 is 0 Å². The van der Waals surface area contributed by atoms with E-state index in [0.717, 1.165) is 24.6 Å². The molecule has 2 N–H and O–H groups in total. The number of methoxy groups -OCH3 is 1. The van der Waals surface area contributed by atoms with E-state index in [1.807, 2.05) is 31.2 Å². The third-order valence-electron chi connectivity index (χ3n) is 3.69. The van der Waals surface area contributed by atoms with Crippen LogP contribution in [0.25, 0.3) is 0 Å². The van der Waals surface area contributed by atoms with Crippen LogP contribution in [-0.2, 0) is 6.54 Å². The average Bonchev–Trinajstić information content (AvgIpc) is 3.00. The molecule has 4 heteroatoms. The normalized spacial score (nSPS) is 14.1. The zero-order valence-corrected chi connectivity index (χ0v) is 13.0. The van der Waals surface area contributed by atoms with E-state index in [4.69, 9.17) is 14.9 Å². The predicted molar refractivity (Wildman–Crippen MR) is 84.2 cm³/mol. The summed E-state index contributed by atoms with van der Waals surface area (Å²) in [6.07, 6.45) is 1.71. The van der Waals surface area contributed by atoms with Crippen molar-refractivity contribution in [2.45, 2.75) is 32.5 Å². The maximum atomic E-state index is 6.24. The van der Waals surface area contributed by atoms with E-state index in [1.165, 1.54) is 5.56 Å². The lowest BCUT2D eigenvalue weighted by molar-refractivity contribution is 0.164. The molecule has 0 saturated heterocycles. The van der Waals surface area contributed by atoms with Gasteiger partial charge in [0.1, 0.15) is 11.5 Å². The maximum absolute atomic E-state index is 6.24. The minimum atomic E-state index is 0.0216. The van der Waals surface area contributed by atoms with Gasteiger partial charge >= 0.3 is 0 Å². The van der Waals surface area contributed by atoms with Gasteiger partial charge in [0, 0.05) is 6.04 Å². The van der Waals surface area contributed by atoms with Crippen LogP contribution in [0.5, 0.6) is 5.75 Å². The van der Waals surface area contributed by atoms with Gasteiger partial charge in [0.2, 0.25) is 0 Å². The molecule has 2 rings (SSSR count). The van der Waals surface area contributed by atoms with Gasteiger partial charge in [-0.25, -0.2) is 0 Å². The summed E-state index contributed by atoms with van der Waals surface area (Å²) >= 11 is 0. The number of rotatable bonds is 7. The van der Waals surface area contributed by atoms with Gasteiger partial charge in [-0.2, -0.15) is 0 Å². The van der Waals surface area contributed by atoms with Crippen LogP contribution < -0.4 is 10.5 Å². The lowest BCUT2D eigenvalue weighted by atomic mass is 9.98. The van der Waals surface area contributed by atoms with Crippen molar-refractivity contribution in [3.05, 3.63) is 54.0 Å². The fraction of sp³-hybridized carbons (Fsp3) is 0.412. The second kappa shape index (κ2) is 7.29. The molecule has 0 saturated carbocycles. The molecular weight excluding hydrogens is 264 g/mol. The average molecular weight is 288 g/mol. The van der Waals surface area contributed by atoms with Crippen LogP contribution in [0.2, 0.25) is 0 Å². The zero-order valence-electron chi connectivity index (χ0n) is 13.0. The fourth-order valence-corrected chi connectivity index (χ4v) is 2.66. The molecule has 1 heterocycles. The molecule has 0 aliphatic rings. The Morgan fingerprint density at radius 3 is 2.43 bits per heavy atom. The maximum Gasteiger partial charge on any atom is 0.118 e. The molecule has 2 unspecified atom stereocenters. The predicted octanol–water partition coefficient (Wildman–Crippen LogP) is 3.20. The Kier molecular flexibility index (Phi) is 5.42. The van der Waals surface area contributed by atoms with Crippen molar-refractivity contribution in [3.63, 3.8) is 0 Å². The number of ether oxygens (including phenoxy) is 1. The number of hydrogen-bond donors (Lipinski definition) is 1. The summed E-state index contributed by atoms with van der Waals surface area (Å²) in [6, 6.07) is 12.2. The molecule has 0 radical (unpaired) electrons. The minimum Gasteiger partial charge on any atom is -0.497 e. The van der Waals surface area contributed by atoms with Gasteiger partial charge in [-0.15, -0.1) is 0 Å². The van der Waals surface area contributed by atoms with Gasteiger partial charge in [-0.3, -0.25) is 4.90 Å². The van der Waals surface area contributed by atoms with Gasteiger partial charge in [-0.05, 0) is 43.3 Å². The Hall–Kier alpha value is -1.78. The van der Waals surface area contributed by atoms with Gasteiger partial charge in [0.25, 0.3) is 0 Å². The van der Waals surface area contributed by atoms with Crippen molar-refractivity contribution in [2.24, 2.45) is 5.73 Å². The van der Waals surface area contributed by atoms with Crippen LogP contribution in [0.4, 0.5) is 0 Å². The first-order valence-electron chi connectivity index (χ1n) is 7.31. The Morgan fingerprint density at radius 1 is 1.24 bits per heavy atom.